The van der Waals surface area contributed by atoms with Gasteiger partial charge in [0.2, 0.25) is 10.1 Å². The van der Waals surface area contributed by atoms with Gasteiger partial charge in [-0.3, -0.25) is 0 Å². The topological polar surface area (TPSA) is 42.2 Å². The maximum absolute atomic E-state index is 4.62. The van der Waals surface area contributed by atoms with Crippen LogP contribution < -0.4 is 5.32 Å². The van der Waals surface area contributed by atoms with Crippen LogP contribution in [0.3, 0.4) is 0 Å². The molecule has 128 valence electrons. The Bertz CT molecular complexity index is 933. The number of hydrogen-bond acceptors (Lipinski definition) is 5. The number of thiophene rings is 1. The van der Waals surface area contributed by atoms with Crippen LogP contribution in [0, 0.1) is 6.92 Å². The Morgan fingerprint density at radius 2 is 1.84 bits per heavy atom. The number of nitrogens with one attached hydrogen (secondary N) is 1. The van der Waals surface area contributed by atoms with Crippen molar-refractivity contribution in [2.45, 2.75) is 32.7 Å². The van der Waals surface area contributed by atoms with Crippen LogP contribution >= 0.6 is 22.7 Å². The van der Waals surface area contributed by atoms with Gasteiger partial charge >= 0.3 is 0 Å². The van der Waals surface area contributed by atoms with Gasteiger partial charge in [-0.2, -0.15) is 0 Å². The highest BCUT2D eigenvalue weighted by Gasteiger charge is 2.18. The number of benzene rings is 1. The van der Waals surface area contributed by atoms with Gasteiger partial charge in [-0.1, -0.05) is 55.5 Å². The summed E-state index contributed by atoms with van der Waals surface area (Å²) < 4.78 is 1.84. The summed E-state index contributed by atoms with van der Waals surface area (Å²) >= 11 is 3.34. The molecule has 4 nitrogen and oxygen atoms in total. The fourth-order valence-electron chi connectivity index (χ4n) is 2.84. The lowest BCUT2D eigenvalue weighted by Crippen LogP contribution is -2.11. The second-order valence-electron chi connectivity index (χ2n) is 6.43. The third-order valence-electron chi connectivity index (χ3n) is 4.20. The van der Waals surface area contributed by atoms with E-state index in [4.69, 9.17) is 0 Å². The van der Waals surface area contributed by atoms with Crippen molar-refractivity contribution in [2.24, 2.45) is 0 Å². The molecular weight excluding hydrogens is 348 g/mol. The summed E-state index contributed by atoms with van der Waals surface area (Å²) in [6, 6.07) is 13.2. The SMILES string of the molecule is Cc1cn2nc(NC(c3ccc(C(C)C)cc3)c3cccs3)sc2n1. The van der Waals surface area contributed by atoms with Crippen LogP contribution in [0.25, 0.3) is 4.96 Å². The van der Waals surface area contributed by atoms with Gasteiger partial charge in [0, 0.05) is 4.88 Å². The number of hydrogen-bond donors (Lipinski definition) is 1. The summed E-state index contributed by atoms with van der Waals surface area (Å²) in [5.41, 5.74) is 3.59. The second kappa shape index (κ2) is 6.61. The van der Waals surface area contributed by atoms with Crippen molar-refractivity contribution in [3.63, 3.8) is 0 Å². The summed E-state index contributed by atoms with van der Waals surface area (Å²) in [6.07, 6.45) is 1.95. The monoisotopic (exact) mass is 368 g/mol. The van der Waals surface area contributed by atoms with Crippen LogP contribution in [0.4, 0.5) is 5.13 Å². The predicted molar refractivity (Wildman–Crippen MR) is 106 cm³/mol. The molecule has 0 saturated carbocycles. The van der Waals surface area contributed by atoms with Crippen LogP contribution in [-0.2, 0) is 0 Å². The standard InChI is InChI=1S/C19H20N4S2/c1-12(2)14-6-8-15(9-7-14)17(16-5-4-10-24-16)21-18-22-23-11-13(3)20-19(23)25-18/h4-12,17H,1-3H3,(H,21,22). The molecular formula is C19H20N4S2. The summed E-state index contributed by atoms with van der Waals surface area (Å²) in [7, 11) is 0. The zero-order chi connectivity index (χ0) is 17.4. The van der Waals surface area contributed by atoms with Crippen molar-refractivity contribution in [1.29, 1.82) is 0 Å². The lowest BCUT2D eigenvalue weighted by Gasteiger charge is -2.18. The molecule has 3 heterocycles. The Labute approximate surface area is 155 Å². The van der Waals surface area contributed by atoms with E-state index in [1.165, 1.54) is 16.0 Å². The van der Waals surface area contributed by atoms with Crippen molar-refractivity contribution < 1.29 is 0 Å². The molecule has 1 unspecified atom stereocenters. The summed E-state index contributed by atoms with van der Waals surface area (Å²) in [5.74, 6) is 0.539. The largest absolute Gasteiger partial charge is 0.348 e. The zero-order valence-electron chi connectivity index (χ0n) is 14.4. The van der Waals surface area contributed by atoms with Crippen molar-refractivity contribution in [1.82, 2.24) is 14.6 Å². The minimum absolute atomic E-state index is 0.0955. The molecule has 0 aliphatic heterocycles. The van der Waals surface area contributed by atoms with E-state index < -0.39 is 0 Å². The number of fused-ring (bicyclic) bond motifs is 1. The highest BCUT2D eigenvalue weighted by molar-refractivity contribution is 7.20. The third-order valence-corrected chi connectivity index (χ3v) is 5.99. The maximum atomic E-state index is 4.62. The molecule has 0 spiro atoms. The van der Waals surface area contributed by atoms with Gasteiger partial charge < -0.3 is 5.32 Å². The zero-order valence-corrected chi connectivity index (χ0v) is 16.1. The normalized spacial score (nSPS) is 12.8. The van der Waals surface area contributed by atoms with E-state index in [-0.39, 0.29) is 6.04 Å². The smallest absolute Gasteiger partial charge is 0.214 e. The first-order chi connectivity index (χ1) is 12.1. The van der Waals surface area contributed by atoms with E-state index in [0.29, 0.717) is 5.92 Å². The first-order valence-electron chi connectivity index (χ1n) is 8.33. The van der Waals surface area contributed by atoms with Gasteiger partial charge in [-0.05, 0) is 35.4 Å². The van der Waals surface area contributed by atoms with Crippen LogP contribution in [0.1, 0.15) is 47.5 Å². The minimum atomic E-state index is 0.0955. The third kappa shape index (κ3) is 3.32. The summed E-state index contributed by atoms with van der Waals surface area (Å²) in [4.78, 5) is 6.68. The summed E-state index contributed by atoms with van der Waals surface area (Å²) in [5, 5.41) is 11.2. The Morgan fingerprint density at radius 1 is 1.08 bits per heavy atom. The predicted octanol–water partition coefficient (Wildman–Crippen LogP) is 5.49. The van der Waals surface area contributed by atoms with E-state index in [1.54, 1.807) is 22.7 Å². The van der Waals surface area contributed by atoms with E-state index in [2.05, 4.69) is 71.0 Å². The van der Waals surface area contributed by atoms with E-state index in [9.17, 15) is 0 Å². The molecule has 1 atom stereocenters. The average molecular weight is 369 g/mol. The van der Waals surface area contributed by atoms with Gasteiger partial charge in [0.25, 0.3) is 0 Å². The molecule has 1 aromatic carbocycles. The quantitative estimate of drug-likeness (QED) is 0.507. The second-order valence-corrected chi connectivity index (χ2v) is 8.37. The highest BCUT2D eigenvalue weighted by atomic mass is 32.1. The molecule has 6 heteroatoms. The fourth-order valence-corrected chi connectivity index (χ4v) is 4.50. The van der Waals surface area contributed by atoms with Gasteiger partial charge in [0.15, 0.2) is 0 Å². The van der Waals surface area contributed by atoms with Gasteiger partial charge in [0.1, 0.15) is 0 Å². The molecule has 0 aliphatic rings. The molecule has 0 radical (unpaired) electrons. The number of aromatic nitrogens is 3. The molecule has 3 aromatic heterocycles. The van der Waals surface area contributed by atoms with Crippen molar-refractivity contribution >= 4 is 32.8 Å². The van der Waals surface area contributed by atoms with Gasteiger partial charge in [0.05, 0.1) is 17.9 Å². The van der Waals surface area contributed by atoms with E-state index in [1.807, 2.05) is 17.6 Å². The van der Waals surface area contributed by atoms with Crippen molar-refractivity contribution in [3.05, 3.63) is 69.7 Å². The lowest BCUT2D eigenvalue weighted by molar-refractivity contribution is 0.860. The Morgan fingerprint density at radius 3 is 2.48 bits per heavy atom. The van der Waals surface area contributed by atoms with Crippen LogP contribution in [0.5, 0.6) is 0 Å². The molecule has 4 aromatic rings. The first kappa shape index (κ1) is 16.3. The Hall–Kier alpha value is -2.18. The molecule has 0 aliphatic carbocycles. The Kier molecular flexibility index (Phi) is 4.31. The molecule has 0 bridgehead atoms. The van der Waals surface area contributed by atoms with E-state index >= 15 is 0 Å². The first-order valence-corrected chi connectivity index (χ1v) is 10.0. The number of nitrogens with zero attached hydrogens (tertiary/aromatic N) is 3. The van der Waals surface area contributed by atoms with E-state index in [0.717, 1.165) is 15.8 Å². The minimum Gasteiger partial charge on any atom is -0.348 e. The molecule has 25 heavy (non-hydrogen) atoms. The van der Waals surface area contributed by atoms with Crippen LogP contribution in [0.15, 0.2) is 48.0 Å². The lowest BCUT2D eigenvalue weighted by atomic mass is 9.98. The van der Waals surface area contributed by atoms with Gasteiger partial charge in [-0.25, -0.2) is 9.50 Å². The number of anilines is 1. The van der Waals surface area contributed by atoms with Crippen LogP contribution in [0.2, 0.25) is 0 Å². The maximum Gasteiger partial charge on any atom is 0.214 e. The Balaban J connectivity index is 1.67. The number of aryl methyl sites for hydroxylation is 1. The van der Waals surface area contributed by atoms with Crippen molar-refractivity contribution in [2.75, 3.05) is 5.32 Å². The molecule has 0 amide bonds. The molecule has 0 saturated heterocycles. The average Bonchev–Trinajstić information content (AvgIpc) is 3.29. The number of rotatable bonds is 5. The summed E-state index contributed by atoms with van der Waals surface area (Å²) in [6.45, 7) is 6.42. The van der Waals surface area contributed by atoms with Crippen molar-refractivity contribution in [3.8, 4) is 0 Å². The molecule has 1 N–H and O–H groups in total. The van der Waals surface area contributed by atoms with Gasteiger partial charge in [-0.15, -0.1) is 16.4 Å². The highest BCUT2D eigenvalue weighted by Crippen LogP contribution is 2.32. The van der Waals surface area contributed by atoms with Crippen LogP contribution in [-0.4, -0.2) is 14.6 Å². The molecule has 4 rings (SSSR count). The number of imidazole rings is 1. The fraction of sp³-hybridized carbons (Fsp3) is 0.263. The molecule has 0 fully saturated rings.